The molecular weight excluding hydrogens is 428 g/mol. The first-order valence-corrected chi connectivity index (χ1v) is 11.7. The Morgan fingerprint density at radius 2 is 1.89 bits per heavy atom. The molecule has 0 unspecified atom stereocenters. The third kappa shape index (κ3) is 3.80. The fraction of sp³-hybridized carbons (Fsp3) is 0.250. The number of pyridine rings is 1. The summed E-state index contributed by atoms with van der Waals surface area (Å²) in [4.78, 5) is 3.75. The van der Waals surface area contributed by atoms with Crippen LogP contribution in [0.15, 0.2) is 65.1 Å². The Morgan fingerprint density at radius 1 is 1.11 bits per heavy atom. The largest absolute Gasteiger partial charge is 0.456 e. The van der Waals surface area contributed by atoms with Crippen LogP contribution in [0.25, 0.3) is 49.2 Å². The molecule has 0 aliphatic carbocycles. The van der Waals surface area contributed by atoms with Crippen LogP contribution in [0.1, 0.15) is 44.5 Å². The highest BCUT2D eigenvalue weighted by Crippen LogP contribution is 2.42. The SMILES string of the molecule is [2H]c1c(C([2H])([2H])C(C)C)c(C([2H])([2H])[2H])c(C)[n+](C)c1-c1c(C)ccc2c1oc1cc([N+]#[C-])c(-c3ccccc3)cc12. The molecule has 0 atom stereocenters. The van der Waals surface area contributed by atoms with Crippen molar-refractivity contribution in [3.05, 3.63) is 94.4 Å². The Hall–Kier alpha value is -3.90. The molecule has 0 amide bonds. The van der Waals surface area contributed by atoms with Crippen LogP contribution in [0.4, 0.5) is 5.69 Å². The highest BCUT2D eigenvalue weighted by atomic mass is 16.3. The fourth-order valence-electron chi connectivity index (χ4n) is 4.62. The van der Waals surface area contributed by atoms with E-state index in [2.05, 4.69) is 4.85 Å². The highest BCUT2D eigenvalue weighted by Gasteiger charge is 2.25. The van der Waals surface area contributed by atoms with E-state index in [1.165, 1.54) is 0 Å². The van der Waals surface area contributed by atoms with E-state index in [-0.39, 0.29) is 17.2 Å². The number of hydrogen-bond acceptors (Lipinski definition) is 1. The number of aromatic nitrogens is 1. The van der Waals surface area contributed by atoms with Crippen molar-refractivity contribution in [1.82, 2.24) is 0 Å². The van der Waals surface area contributed by atoms with E-state index < -0.39 is 19.1 Å². The third-order valence-corrected chi connectivity index (χ3v) is 6.53. The van der Waals surface area contributed by atoms with E-state index >= 15 is 0 Å². The average Bonchev–Trinajstić information content (AvgIpc) is 3.27. The van der Waals surface area contributed by atoms with Gasteiger partial charge in [-0.25, -0.2) is 4.85 Å². The average molecular weight is 466 g/mol. The molecule has 3 aromatic carbocycles. The lowest BCUT2D eigenvalue weighted by Gasteiger charge is -2.14. The van der Waals surface area contributed by atoms with Gasteiger partial charge < -0.3 is 4.42 Å². The second-order valence-electron chi connectivity index (χ2n) is 9.25. The van der Waals surface area contributed by atoms with Crippen LogP contribution < -0.4 is 4.57 Å². The summed E-state index contributed by atoms with van der Waals surface area (Å²) in [5.74, 6) is -0.570. The van der Waals surface area contributed by atoms with Crippen LogP contribution in [0.5, 0.6) is 0 Å². The topological polar surface area (TPSA) is 21.4 Å². The smallest absolute Gasteiger partial charge is 0.216 e. The number of nitrogens with zero attached hydrogens (tertiary/aromatic N) is 2. The minimum Gasteiger partial charge on any atom is -0.456 e. The maximum absolute atomic E-state index is 9.32. The maximum Gasteiger partial charge on any atom is 0.216 e. The van der Waals surface area contributed by atoms with Crippen molar-refractivity contribution in [3.8, 4) is 22.4 Å². The van der Waals surface area contributed by atoms with Gasteiger partial charge >= 0.3 is 0 Å². The summed E-state index contributed by atoms with van der Waals surface area (Å²) >= 11 is 0. The number of hydrogen-bond donors (Lipinski definition) is 0. The van der Waals surface area contributed by atoms with E-state index in [9.17, 15) is 1.37 Å². The highest BCUT2D eigenvalue weighted by molar-refractivity contribution is 6.12. The zero-order valence-electron chi connectivity index (χ0n) is 26.6. The summed E-state index contributed by atoms with van der Waals surface area (Å²) in [6.07, 6.45) is -2.07. The van der Waals surface area contributed by atoms with Gasteiger partial charge in [-0.1, -0.05) is 62.4 Å². The van der Waals surface area contributed by atoms with Crippen LogP contribution in [-0.4, -0.2) is 0 Å². The Bertz CT molecular complexity index is 1880. The predicted octanol–water partition coefficient (Wildman–Crippen LogP) is 8.42. The molecule has 2 aromatic heterocycles. The first-order valence-electron chi connectivity index (χ1n) is 14.7. The molecule has 0 N–H and O–H groups in total. The van der Waals surface area contributed by atoms with Gasteiger partial charge in [-0.2, -0.15) is 4.57 Å². The Balaban J connectivity index is 1.92. The van der Waals surface area contributed by atoms with Crippen LogP contribution in [0, 0.1) is 33.2 Å². The summed E-state index contributed by atoms with van der Waals surface area (Å²) in [7, 11) is 1.71. The minimum atomic E-state index is -2.61. The second kappa shape index (κ2) is 8.71. The van der Waals surface area contributed by atoms with Gasteiger partial charge in [-0.15, -0.1) is 0 Å². The maximum atomic E-state index is 9.32. The van der Waals surface area contributed by atoms with Crippen molar-refractivity contribution < 1.29 is 17.2 Å². The summed E-state index contributed by atoms with van der Waals surface area (Å²) in [6, 6.07) is 17.1. The Morgan fingerprint density at radius 3 is 2.57 bits per heavy atom. The normalized spacial score (nSPS) is 14.8. The molecule has 3 nitrogen and oxygen atoms in total. The van der Waals surface area contributed by atoms with Crippen molar-refractivity contribution >= 4 is 27.6 Å². The molecule has 5 rings (SSSR count). The number of furan rings is 1. The van der Waals surface area contributed by atoms with Crippen LogP contribution in [-0.2, 0) is 13.4 Å². The van der Waals surface area contributed by atoms with Crippen molar-refractivity contribution in [2.45, 2.75) is 40.9 Å². The lowest BCUT2D eigenvalue weighted by Crippen LogP contribution is -2.36. The zero-order chi connectivity index (χ0) is 30.0. The van der Waals surface area contributed by atoms with E-state index in [0.29, 0.717) is 33.8 Å². The van der Waals surface area contributed by atoms with Gasteiger partial charge in [-0.05, 0) is 54.4 Å². The molecule has 0 spiro atoms. The number of aryl methyl sites for hydroxylation is 1. The first kappa shape index (κ1) is 16.7. The van der Waals surface area contributed by atoms with Crippen LogP contribution in [0.3, 0.4) is 0 Å². The second-order valence-corrected chi connectivity index (χ2v) is 9.25. The van der Waals surface area contributed by atoms with Crippen molar-refractivity contribution in [2.24, 2.45) is 13.0 Å². The van der Waals surface area contributed by atoms with E-state index in [4.69, 9.17) is 17.8 Å². The van der Waals surface area contributed by atoms with Gasteiger partial charge in [0.1, 0.15) is 18.2 Å². The van der Waals surface area contributed by atoms with E-state index in [1.807, 2.05) is 55.5 Å². The monoisotopic (exact) mass is 465 g/mol. The molecule has 0 saturated carbocycles. The van der Waals surface area contributed by atoms with E-state index in [0.717, 1.165) is 27.5 Å². The molecule has 0 saturated heterocycles. The Kier molecular flexibility index (Phi) is 4.15. The molecule has 0 bridgehead atoms. The molecule has 0 radical (unpaired) electrons. The zero-order valence-corrected chi connectivity index (χ0v) is 20.6. The third-order valence-electron chi connectivity index (χ3n) is 6.53. The molecule has 2 heterocycles. The molecule has 0 aliphatic heterocycles. The summed E-state index contributed by atoms with van der Waals surface area (Å²) in [5, 5.41) is 1.61. The van der Waals surface area contributed by atoms with Gasteiger partial charge in [0.05, 0.1) is 13.5 Å². The van der Waals surface area contributed by atoms with Gasteiger partial charge in [0.2, 0.25) is 5.69 Å². The van der Waals surface area contributed by atoms with Crippen molar-refractivity contribution in [1.29, 1.82) is 0 Å². The summed E-state index contributed by atoms with van der Waals surface area (Å²) < 4.78 is 60.0. The summed E-state index contributed by atoms with van der Waals surface area (Å²) in [5.41, 5.74) is 5.08. The molecule has 5 aromatic rings. The quantitative estimate of drug-likeness (QED) is 0.193. The lowest BCUT2D eigenvalue weighted by molar-refractivity contribution is -0.667. The van der Waals surface area contributed by atoms with Gasteiger partial charge in [-0.3, -0.25) is 0 Å². The minimum absolute atomic E-state index is 0.118. The molecule has 35 heavy (non-hydrogen) atoms. The van der Waals surface area contributed by atoms with Gasteiger partial charge in [0.15, 0.2) is 11.4 Å². The summed E-state index contributed by atoms with van der Waals surface area (Å²) in [6.45, 7) is 12.1. The predicted molar refractivity (Wildman–Crippen MR) is 145 cm³/mol. The van der Waals surface area contributed by atoms with Crippen LogP contribution in [0.2, 0.25) is 0 Å². The van der Waals surface area contributed by atoms with Gasteiger partial charge in [0.25, 0.3) is 0 Å². The number of rotatable bonds is 4. The molecule has 0 fully saturated rings. The first-order chi connectivity index (χ1) is 19.2. The number of fused-ring (bicyclic) bond motifs is 3. The Labute approximate surface area is 215 Å². The molecule has 3 heteroatoms. The van der Waals surface area contributed by atoms with Gasteiger partial charge in [0, 0.05) is 36.2 Å². The van der Waals surface area contributed by atoms with Crippen molar-refractivity contribution in [2.75, 3.05) is 0 Å². The molecule has 0 aliphatic rings. The lowest BCUT2D eigenvalue weighted by atomic mass is 9.93. The number of benzene rings is 3. The van der Waals surface area contributed by atoms with E-state index in [1.54, 1.807) is 38.5 Å². The fourth-order valence-corrected chi connectivity index (χ4v) is 4.62. The van der Waals surface area contributed by atoms with Crippen LogP contribution >= 0.6 is 0 Å². The molecular formula is C32H31N2O+. The standard InChI is InChI=1S/C32H31N2O/c1-19(2)15-24-16-29(34(7)22(5)21(24)4)31-20(3)13-14-25-27-17-26(23-11-9-8-10-12-23)28(33-6)18-30(27)35-32(25)31/h8-14,16-19H,15H2,1-5,7H3/q+1/i4D3,15D2,16D. The van der Waals surface area contributed by atoms with Crippen molar-refractivity contribution in [3.63, 3.8) is 0 Å². The molecule has 174 valence electrons.